The third kappa shape index (κ3) is 6.24. The lowest BCUT2D eigenvalue weighted by atomic mass is 9.94. The molecule has 210 valence electrons. The Kier molecular flexibility index (Phi) is 9.64. The van der Waals surface area contributed by atoms with Crippen LogP contribution in [-0.4, -0.2) is 41.9 Å². The SMILES string of the molecule is CCCC1=C(C(=O)OCC)[C@@H](c2ccc(OC)c(Br)c2)n2c(s/c(=C/c3ccc(OCC(=O)O)c(Br)c3)c2=O)=N1. The number of allylic oxidation sites excluding steroid dienone is 1. The Balaban J connectivity index is 1.90. The fourth-order valence-corrected chi connectivity index (χ4v) is 6.39. The number of hydrogen-bond acceptors (Lipinski definition) is 8. The summed E-state index contributed by atoms with van der Waals surface area (Å²) in [5.41, 5.74) is 2.02. The van der Waals surface area contributed by atoms with Crippen LogP contribution >= 0.6 is 43.2 Å². The Labute approximate surface area is 250 Å². The van der Waals surface area contributed by atoms with E-state index >= 15 is 0 Å². The molecule has 1 atom stereocenters. The van der Waals surface area contributed by atoms with Crippen molar-refractivity contribution in [2.75, 3.05) is 20.3 Å². The maximum atomic E-state index is 13.9. The molecule has 0 spiro atoms. The molecule has 2 heterocycles. The number of carbonyl (C=O) groups excluding carboxylic acids is 1. The minimum Gasteiger partial charge on any atom is -0.496 e. The zero-order chi connectivity index (χ0) is 29.0. The van der Waals surface area contributed by atoms with E-state index in [2.05, 4.69) is 31.9 Å². The number of rotatable bonds is 10. The van der Waals surface area contributed by atoms with Crippen molar-refractivity contribution < 1.29 is 28.9 Å². The highest BCUT2D eigenvalue weighted by Crippen LogP contribution is 2.36. The van der Waals surface area contributed by atoms with Gasteiger partial charge in [0.2, 0.25) is 0 Å². The Morgan fingerprint density at radius 2 is 1.85 bits per heavy atom. The summed E-state index contributed by atoms with van der Waals surface area (Å²) in [6.07, 6.45) is 3.02. The van der Waals surface area contributed by atoms with Gasteiger partial charge in [0, 0.05) is 0 Å². The molecule has 2 aromatic carbocycles. The first-order valence-corrected chi connectivity index (χ1v) is 14.8. The molecule has 12 heteroatoms. The van der Waals surface area contributed by atoms with Gasteiger partial charge in [-0.15, -0.1) is 0 Å². The van der Waals surface area contributed by atoms with Gasteiger partial charge >= 0.3 is 11.9 Å². The quantitative estimate of drug-likeness (QED) is 0.309. The normalized spacial score (nSPS) is 14.9. The van der Waals surface area contributed by atoms with Crippen LogP contribution in [-0.2, 0) is 14.3 Å². The zero-order valence-electron chi connectivity index (χ0n) is 21.9. The molecule has 0 amide bonds. The van der Waals surface area contributed by atoms with Gasteiger partial charge in [0.15, 0.2) is 11.4 Å². The fraction of sp³-hybridized carbons (Fsp3) is 0.286. The van der Waals surface area contributed by atoms with Crippen LogP contribution in [0.2, 0.25) is 0 Å². The summed E-state index contributed by atoms with van der Waals surface area (Å²) in [7, 11) is 1.56. The van der Waals surface area contributed by atoms with Gasteiger partial charge in [-0.1, -0.05) is 36.8 Å². The molecule has 4 rings (SSSR count). The number of nitrogens with zero attached hydrogens (tertiary/aromatic N) is 2. The van der Waals surface area contributed by atoms with Crippen molar-refractivity contribution in [2.45, 2.75) is 32.7 Å². The van der Waals surface area contributed by atoms with Gasteiger partial charge in [0.25, 0.3) is 5.56 Å². The lowest BCUT2D eigenvalue weighted by Gasteiger charge is -2.26. The average molecular weight is 694 g/mol. The number of esters is 1. The van der Waals surface area contributed by atoms with Crippen LogP contribution in [0.3, 0.4) is 0 Å². The summed E-state index contributed by atoms with van der Waals surface area (Å²) < 4.78 is 19.3. The van der Waals surface area contributed by atoms with Crippen molar-refractivity contribution in [1.82, 2.24) is 4.57 Å². The van der Waals surface area contributed by atoms with Crippen LogP contribution in [0.5, 0.6) is 11.5 Å². The first kappa shape index (κ1) is 29.8. The minimum atomic E-state index is -1.08. The van der Waals surface area contributed by atoms with Gasteiger partial charge in [-0.25, -0.2) is 14.6 Å². The molecule has 9 nitrogen and oxygen atoms in total. The molecule has 0 aliphatic carbocycles. The summed E-state index contributed by atoms with van der Waals surface area (Å²) in [5, 5.41) is 8.87. The van der Waals surface area contributed by atoms with Crippen LogP contribution in [0.15, 0.2) is 66.4 Å². The van der Waals surface area contributed by atoms with Crippen molar-refractivity contribution in [3.8, 4) is 11.5 Å². The van der Waals surface area contributed by atoms with Crippen LogP contribution in [0.25, 0.3) is 6.08 Å². The average Bonchev–Trinajstić information content (AvgIpc) is 3.21. The lowest BCUT2D eigenvalue weighted by molar-refractivity contribution is -0.140. The summed E-state index contributed by atoms with van der Waals surface area (Å²) in [4.78, 5) is 43.3. The topological polar surface area (TPSA) is 116 Å². The van der Waals surface area contributed by atoms with E-state index in [1.54, 1.807) is 44.4 Å². The number of methoxy groups -OCH3 is 1. The van der Waals surface area contributed by atoms with Gasteiger partial charge in [-0.05, 0) is 86.7 Å². The number of hydrogen-bond donors (Lipinski definition) is 1. The molecule has 1 aliphatic rings. The monoisotopic (exact) mass is 692 g/mol. The summed E-state index contributed by atoms with van der Waals surface area (Å²) in [6.45, 7) is 3.46. The number of halogens is 2. The predicted molar refractivity (Wildman–Crippen MR) is 158 cm³/mol. The number of carboxylic acid groups (broad SMARTS) is 1. The number of fused-ring (bicyclic) bond motifs is 1. The van der Waals surface area contributed by atoms with Gasteiger partial charge < -0.3 is 19.3 Å². The maximum Gasteiger partial charge on any atom is 0.341 e. The van der Waals surface area contributed by atoms with Crippen LogP contribution in [0.4, 0.5) is 0 Å². The third-order valence-electron chi connectivity index (χ3n) is 5.99. The number of thiazole rings is 1. The van der Waals surface area contributed by atoms with E-state index < -0.39 is 24.6 Å². The van der Waals surface area contributed by atoms with E-state index in [0.29, 0.717) is 58.6 Å². The molecule has 3 aromatic rings. The van der Waals surface area contributed by atoms with Crippen molar-refractivity contribution in [3.63, 3.8) is 0 Å². The second-order valence-electron chi connectivity index (χ2n) is 8.68. The highest BCUT2D eigenvalue weighted by molar-refractivity contribution is 9.10. The number of aromatic nitrogens is 1. The van der Waals surface area contributed by atoms with Gasteiger partial charge in [-0.3, -0.25) is 9.36 Å². The highest BCUT2D eigenvalue weighted by Gasteiger charge is 2.34. The smallest absolute Gasteiger partial charge is 0.341 e. The van der Waals surface area contributed by atoms with E-state index in [1.165, 1.54) is 15.9 Å². The molecule has 1 aromatic heterocycles. The van der Waals surface area contributed by atoms with E-state index in [1.807, 2.05) is 19.1 Å². The lowest BCUT2D eigenvalue weighted by Crippen LogP contribution is -2.40. The molecule has 1 N–H and O–H groups in total. The number of aliphatic carboxylic acids is 1. The molecule has 0 saturated heterocycles. The van der Waals surface area contributed by atoms with Crippen LogP contribution < -0.4 is 24.4 Å². The largest absolute Gasteiger partial charge is 0.496 e. The predicted octanol–water partition coefficient (Wildman–Crippen LogP) is 4.58. The van der Waals surface area contributed by atoms with Crippen molar-refractivity contribution in [1.29, 1.82) is 0 Å². The van der Waals surface area contributed by atoms with E-state index in [-0.39, 0.29) is 12.2 Å². The fourth-order valence-electron chi connectivity index (χ4n) is 4.30. The molecule has 0 bridgehead atoms. The molecule has 0 unspecified atom stereocenters. The molecular weight excluding hydrogens is 668 g/mol. The molecule has 0 radical (unpaired) electrons. The molecule has 0 saturated carbocycles. The van der Waals surface area contributed by atoms with Gasteiger partial charge in [0.05, 0.1) is 44.5 Å². The molecular formula is C28H26Br2N2O7S. The van der Waals surface area contributed by atoms with Gasteiger partial charge in [-0.2, -0.15) is 0 Å². The second kappa shape index (κ2) is 13.0. The Morgan fingerprint density at radius 1 is 1.12 bits per heavy atom. The molecule has 40 heavy (non-hydrogen) atoms. The standard InChI is InChI=1S/C28H26Br2N2O7S/c1-4-6-19-24(27(36)38-5-2)25(16-8-10-20(37-3)18(30)13-16)32-26(35)22(40-28(32)31-19)12-15-7-9-21(17(29)11-15)39-14-23(33)34/h7-13,25H,4-6,14H2,1-3H3,(H,33,34)/b22-12+/t25-/m1/s1. The van der Waals surface area contributed by atoms with Crippen molar-refractivity contribution in [2.24, 2.45) is 4.99 Å². The Morgan fingerprint density at radius 3 is 2.48 bits per heavy atom. The van der Waals surface area contributed by atoms with Crippen molar-refractivity contribution in [3.05, 3.63) is 87.4 Å². The Hall–Kier alpha value is -3.22. The van der Waals surface area contributed by atoms with Crippen molar-refractivity contribution >= 4 is 61.2 Å². The summed E-state index contributed by atoms with van der Waals surface area (Å²) in [6, 6.07) is 9.79. The first-order valence-electron chi connectivity index (χ1n) is 12.4. The van der Waals surface area contributed by atoms with E-state index in [0.717, 1.165) is 6.42 Å². The third-order valence-corrected chi connectivity index (χ3v) is 8.21. The second-order valence-corrected chi connectivity index (χ2v) is 11.4. The zero-order valence-corrected chi connectivity index (χ0v) is 25.9. The molecule has 1 aliphatic heterocycles. The first-order chi connectivity index (χ1) is 19.2. The number of carbonyl (C=O) groups is 2. The minimum absolute atomic E-state index is 0.187. The summed E-state index contributed by atoms with van der Waals surface area (Å²) >= 11 is 8.16. The van der Waals surface area contributed by atoms with Crippen LogP contribution in [0, 0.1) is 0 Å². The Bertz CT molecular complexity index is 1680. The van der Waals surface area contributed by atoms with E-state index in [9.17, 15) is 14.4 Å². The maximum absolute atomic E-state index is 13.9. The number of ether oxygens (including phenoxy) is 3. The summed E-state index contributed by atoms with van der Waals surface area (Å²) in [5.74, 6) is -0.607. The van der Waals surface area contributed by atoms with Gasteiger partial charge in [0.1, 0.15) is 11.5 Å². The number of benzene rings is 2. The number of carboxylic acids is 1. The highest BCUT2D eigenvalue weighted by atomic mass is 79.9. The molecule has 0 fully saturated rings. The van der Waals surface area contributed by atoms with Crippen LogP contribution in [0.1, 0.15) is 43.9 Å². The van der Waals surface area contributed by atoms with E-state index in [4.69, 9.17) is 24.3 Å².